The molecule has 49 heavy (non-hydrogen) atoms. The minimum Gasteiger partial charge on any atom is -0.404 e. The summed E-state index contributed by atoms with van der Waals surface area (Å²) in [6, 6.07) is 10.7. The highest BCUT2D eigenvalue weighted by atomic mass is 19.1. The maximum atomic E-state index is 15.2. The number of amides is 2. The van der Waals surface area contributed by atoms with Crippen LogP contribution in [0, 0.1) is 34.9 Å². The molecule has 11 heteroatoms. The molecule has 0 radical (unpaired) electrons. The Morgan fingerprint density at radius 1 is 1.02 bits per heavy atom. The maximum Gasteiger partial charge on any atom is 0.481 e. The fourth-order valence-electron chi connectivity index (χ4n) is 8.60. The smallest absolute Gasteiger partial charge is 0.404 e. The molecule has 4 aliphatic rings. The molecule has 2 N–H and O–H groups in total. The Morgan fingerprint density at radius 3 is 2.39 bits per heavy atom. The van der Waals surface area contributed by atoms with Crippen LogP contribution in [-0.2, 0) is 27.6 Å². The lowest BCUT2D eigenvalue weighted by molar-refractivity contribution is -0.199. The summed E-state index contributed by atoms with van der Waals surface area (Å²) in [7, 11) is 0.998. The van der Waals surface area contributed by atoms with Crippen LogP contribution in [0.15, 0.2) is 47.3 Å². The van der Waals surface area contributed by atoms with Gasteiger partial charge in [0.05, 0.1) is 34.3 Å². The standard InChI is InChI=1S/C38H50BFN4O5/c1-21(2)15-30(35(46)42-33(16-22(3)4)39-48-32-20-24-19-31(37(24,5)6)38(32,7)49-39)41-34(45)27-17-23(13-14-28(27)40)18-29-25-11-9-10-12-26(25)36(47)44(8)43-29/h9-14,17,21-22,24,30-33H,15-16,18-20H2,1-8H3,(H,41,45)(H,42,46)/t24-,30-,31-,32+,33-,38-/m0/s1. The average Bonchev–Trinajstić information content (AvgIpc) is 3.40. The number of carbonyl (C=O) groups is 2. The second-order valence-corrected chi connectivity index (χ2v) is 16.1. The number of fused-ring (bicyclic) bond motifs is 1. The van der Waals surface area contributed by atoms with E-state index < -0.39 is 36.4 Å². The number of aryl methyl sites for hydroxylation is 1. The average molecular weight is 673 g/mol. The minimum atomic E-state index is -0.898. The van der Waals surface area contributed by atoms with Gasteiger partial charge in [-0.05, 0) is 85.5 Å². The lowest BCUT2D eigenvalue weighted by atomic mass is 9.43. The number of halogens is 1. The largest absolute Gasteiger partial charge is 0.481 e. The SMILES string of the molecule is CC(C)C[C@H](NC(=O)[C@H](CC(C)C)NC(=O)c1cc(Cc2nn(C)c(=O)c3ccccc23)ccc1F)B1O[C@@H]2C[C@@H]3C[C@@H](C3(C)C)[C@]2(C)O1. The van der Waals surface area contributed by atoms with Crippen molar-refractivity contribution in [3.8, 4) is 0 Å². The van der Waals surface area contributed by atoms with Crippen molar-refractivity contribution in [3.63, 3.8) is 0 Å². The number of carbonyl (C=O) groups excluding carboxylic acids is 2. The third kappa shape index (κ3) is 6.68. The van der Waals surface area contributed by atoms with Gasteiger partial charge in [-0.1, -0.05) is 65.8 Å². The number of hydrogen-bond donors (Lipinski definition) is 2. The highest BCUT2D eigenvalue weighted by molar-refractivity contribution is 6.48. The fraction of sp³-hybridized carbons (Fsp3) is 0.579. The van der Waals surface area contributed by atoms with E-state index in [2.05, 4.69) is 50.4 Å². The monoisotopic (exact) mass is 672 g/mol. The van der Waals surface area contributed by atoms with Crippen LogP contribution >= 0.6 is 0 Å². The van der Waals surface area contributed by atoms with Gasteiger partial charge >= 0.3 is 7.12 Å². The second kappa shape index (κ2) is 13.3. The first-order valence-corrected chi connectivity index (χ1v) is 17.8. The lowest BCUT2D eigenvalue weighted by Crippen LogP contribution is -2.65. The maximum absolute atomic E-state index is 15.2. The van der Waals surface area contributed by atoms with Crippen LogP contribution < -0.4 is 16.2 Å². The minimum absolute atomic E-state index is 0.0174. The summed E-state index contributed by atoms with van der Waals surface area (Å²) < 4.78 is 29.8. The van der Waals surface area contributed by atoms with Crippen molar-refractivity contribution in [2.45, 2.75) is 104 Å². The van der Waals surface area contributed by atoms with Crippen molar-refractivity contribution in [3.05, 3.63) is 75.5 Å². The van der Waals surface area contributed by atoms with Crippen LogP contribution in [0.1, 0.15) is 95.8 Å². The number of aromatic nitrogens is 2. The Bertz CT molecular complexity index is 1810. The third-order valence-corrected chi connectivity index (χ3v) is 11.4. The van der Waals surface area contributed by atoms with E-state index in [9.17, 15) is 14.4 Å². The van der Waals surface area contributed by atoms with E-state index in [1.165, 1.54) is 16.8 Å². The van der Waals surface area contributed by atoms with Crippen molar-refractivity contribution >= 4 is 29.7 Å². The van der Waals surface area contributed by atoms with Crippen molar-refractivity contribution in [2.75, 3.05) is 0 Å². The highest BCUT2D eigenvalue weighted by Gasteiger charge is 2.68. The molecule has 2 aromatic carbocycles. The zero-order chi connectivity index (χ0) is 35.4. The summed E-state index contributed by atoms with van der Waals surface area (Å²) in [5, 5.41) is 11.7. The predicted molar refractivity (Wildman–Crippen MR) is 188 cm³/mol. The molecule has 1 aromatic heterocycles. The molecule has 3 saturated carbocycles. The van der Waals surface area contributed by atoms with Gasteiger partial charge in [0.25, 0.3) is 11.5 Å². The molecule has 9 nitrogen and oxygen atoms in total. The first-order chi connectivity index (χ1) is 23.1. The van der Waals surface area contributed by atoms with Crippen LogP contribution in [0.5, 0.6) is 0 Å². The molecule has 3 aromatic rings. The first kappa shape index (κ1) is 35.3. The molecule has 1 aliphatic heterocycles. The normalized spacial score (nSPS) is 25.2. The molecule has 6 atom stereocenters. The molecular formula is C38H50BFN4O5. The Balaban J connectivity index is 1.19. The molecule has 3 aliphatic carbocycles. The van der Waals surface area contributed by atoms with Gasteiger partial charge in [0, 0.05) is 18.9 Å². The Morgan fingerprint density at radius 2 is 1.71 bits per heavy atom. The quantitative estimate of drug-likeness (QED) is 0.257. The highest BCUT2D eigenvalue weighted by Crippen LogP contribution is 2.65. The number of hydrogen-bond acceptors (Lipinski definition) is 6. The molecule has 7 rings (SSSR count). The van der Waals surface area contributed by atoms with E-state index in [0.29, 0.717) is 46.7 Å². The summed E-state index contributed by atoms with van der Waals surface area (Å²) in [4.78, 5) is 40.3. The topological polar surface area (TPSA) is 112 Å². The summed E-state index contributed by atoms with van der Waals surface area (Å²) in [5.41, 5.74) is 0.706. The van der Waals surface area contributed by atoms with Gasteiger partial charge in [-0.3, -0.25) is 14.4 Å². The molecule has 0 spiro atoms. The third-order valence-electron chi connectivity index (χ3n) is 11.4. The van der Waals surface area contributed by atoms with Crippen LogP contribution in [0.4, 0.5) is 4.39 Å². The van der Waals surface area contributed by atoms with Gasteiger partial charge in [-0.2, -0.15) is 5.10 Å². The summed E-state index contributed by atoms with van der Waals surface area (Å²) in [6.07, 6.45) is 3.35. The number of nitrogens with zero attached hydrogens (tertiary/aromatic N) is 2. The molecule has 2 bridgehead atoms. The molecule has 1 saturated heterocycles. The molecular weight excluding hydrogens is 622 g/mol. The Labute approximate surface area is 288 Å². The molecule has 2 heterocycles. The van der Waals surface area contributed by atoms with Gasteiger partial charge in [0.2, 0.25) is 5.91 Å². The number of nitrogens with one attached hydrogen (secondary N) is 2. The molecule has 262 valence electrons. The molecule has 2 amide bonds. The first-order valence-electron chi connectivity index (χ1n) is 17.8. The van der Waals surface area contributed by atoms with Crippen molar-refractivity contribution in [2.24, 2.45) is 36.1 Å². The van der Waals surface area contributed by atoms with E-state index in [4.69, 9.17) is 9.31 Å². The second-order valence-electron chi connectivity index (χ2n) is 16.1. The van der Waals surface area contributed by atoms with Crippen molar-refractivity contribution < 1.29 is 23.3 Å². The van der Waals surface area contributed by atoms with E-state index in [1.54, 1.807) is 25.2 Å². The predicted octanol–water partition coefficient (Wildman–Crippen LogP) is 5.61. The Kier molecular flexibility index (Phi) is 9.56. The number of benzene rings is 2. The fourth-order valence-corrected chi connectivity index (χ4v) is 8.60. The summed E-state index contributed by atoms with van der Waals surface area (Å²) in [5.74, 6) is -0.781. The van der Waals surface area contributed by atoms with E-state index in [0.717, 1.165) is 12.8 Å². The summed E-state index contributed by atoms with van der Waals surface area (Å²) >= 11 is 0. The van der Waals surface area contributed by atoms with E-state index in [-0.39, 0.29) is 46.8 Å². The van der Waals surface area contributed by atoms with Gasteiger partial charge in [-0.15, -0.1) is 0 Å². The number of rotatable bonds is 11. The van der Waals surface area contributed by atoms with E-state index in [1.807, 2.05) is 26.0 Å². The summed E-state index contributed by atoms with van der Waals surface area (Å²) in [6.45, 7) is 14.9. The van der Waals surface area contributed by atoms with Crippen LogP contribution in [0.3, 0.4) is 0 Å². The lowest BCUT2D eigenvalue weighted by Gasteiger charge is -2.64. The van der Waals surface area contributed by atoms with E-state index >= 15 is 4.39 Å². The van der Waals surface area contributed by atoms with Gasteiger partial charge in [0.15, 0.2) is 0 Å². The van der Waals surface area contributed by atoms with Gasteiger partial charge in [0.1, 0.15) is 11.9 Å². The molecule has 0 unspecified atom stereocenters. The zero-order valence-corrected chi connectivity index (χ0v) is 30.0. The zero-order valence-electron chi connectivity index (χ0n) is 30.0. The van der Waals surface area contributed by atoms with Gasteiger partial charge in [-0.25, -0.2) is 9.07 Å². The van der Waals surface area contributed by atoms with Crippen molar-refractivity contribution in [1.29, 1.82) is 0 Å². The van der Waals surface area contributed by atoms with Crippen LogP contribution in [-0.4, -0.2) is 52.4 Å². The molecule has 4 fully saturated rings. The van der Waals surface area contributed by atoms with Gasteiger partial charge < -0.3 is 19.9 Å². The van der Waals surface area contributed by atoms with Crippen molar-refractivity contribution in [1.82, 2.24) is 20.4 Å². The van der Waals surface area contributed by atoms with Crippen LogP contribution in [0.25, 0.3) is 10.8 Å². The Hall–Kier alpha value is -3.57. The van der Waals surface area contributed by atoms with Crippen LogP contribution in [0.2, 0.25) is 0 Å².